The van der Waals surface area contributed by atoms with Gasteiger partial charge in [-0.25, -0.2) is 0 Å². The summed E-state index contributed by atoms with van der Waals surface area (Å²) in [6.07, 6.45) is 0. The van der Waals surface area contributed by atoms with Crippen LogP contribution in [0.1, 0.15) is 17.4 Å². The summed E-state index contributed by atoms with van der Waals surface area (Å²) in [6, 6.07) is 17.7. The zero-order valence-corrected chi connectivity index (χ0v) is 15.2. The Morgan fingerprint density at radius 2 is 1.75 bits per heavy atom. The molecule has 0 aliphatic heterocycles. The number of ether oxygens (including phenoxy) is 2. The van der Waals surface area contributed by atoms with E-state index in [-0.39, 0.29) is 20.7 Å². The molecule has 0 aliphatic rings. The number of hydrogen-bond acceptors (Lipinski definition) is 4. The minimum atomic E-state index is -0.365. The second-order valence-corrected chi connectivity index (χ2v) is 6.67. The summed E-state index contributed by atoms with van der Waals surface area (Å²) < 4.78 is 16.0. The zero-order chi connectivity index (χ0) is 16.9. The van der Waals surface area contributed by atoms with Gasteiger partial charge >= 0.3 is 147 Å². The SMILES string of the molecule is CCOC(=O)c1n[se]c(-c2ccccc2)c1-c1ccc(OC)cc1. The van der Waals surface area contributed by atoms with Crippen LogP contribution in [0.4, 0.5) is 0 Å². The molecule has 3 aromatic rings. The Labute approximate surface area is 147 Å². The quantitative estimate of drug-likeness (QED) is 0.496. The van der Waals surface area contributed by atoms with Gasteiger partial charge in [-0.1, -0.05) is 0 Å². The van der Waals surface area contributed by atoms with E-state index in [9.17, 15) is 4.79 Å². The Bertz CT molecular complexity index is 826. The molecule has 0 atom stereocenters. The fourth-order valence-corrected chi connectivity index (χ4v) is 4.32. The molecule has 0 spiro atoms. The standard InChI is InChI=1S/C19H17NO3Se/c1-3-23-19(21)17-16(13-9-11-15(22-2)12-10-13)18(24-20-17)14-7-5-4-6-8-14/h4-12H,3H2,1-2H3. The van der Waals surface area contributed by atoms with Gasteiger partial charge in [0.25, 0.3) is 0 Å². The van der Waals surface area contributed by atoms with E-state index in [4.69, 9.17) is 9.47 Å². The molecule has 122 valence electrons. The molecule has 24 heavy (non-hydrogen) atoms. The van der Waals surface area contributed by atoms with Crippen LogP contribution in [0.25, 0.3) is 21.1 Å². The van der Waals surface area contributed by atoms with Crippen molar-refractivity contribution >= 4 is 20.7 Å². The normalized spacial score (nSPS) is 10.4. The van der Waals surface area contributed by atoms with E-state index in [0.29, 0.717) is 12.3 Å². The number of nitrogens with zero attached hydrogens (tertiary/aromatic N) is 1. The van der Waals surface area contributed by atoms with Gasteiger partial charge in [0.05, 0.1) is 0 Å². The summed E-state index contributed by atoms with van der Waals surface area (Å²) in [6.45, 7) is 2.13. The van der Waals surface area contributed by atoms with Gasteiger partial charge in [0, 0.05) is 0 Å². The summed E-state index contributed by atoms with van der Waals surface area (Å²) in [4.78, 5) is 12.3. The first-order chi connectivity index (χ1) is 11.7. The molecule has 0 saturated carbocycles. The van der Waals surface area contributed by atoms with E-state index in [1.807, 2.05) is 54.6 Å². The van der Waals surface area contributed by atoms with Gasteiger partial charge in [-0.05, 0) is 0 Å². The van der Waals surface area contributed by atoms with Crippen LogP contribution in [-0.4, -0.2) is 38.4 Å². The maximum atomic E-state index is 12.3. The first-order valence-electron chi connectivity index (χ1n) is 7.61. The summed E-state index contributed by atoms with van der Waals surface area (Å²) >= 11 is -0.154. The molecule has 0 bridgehead atoms. The van der Waals surface area contributed by atoms with Crippen LogP contribution >= 0.6 is 0 Å². The van der Waals surface area contributed by atoms with Gasteiger partial charge < -0.3 is 0 Å². The van der Waals surface area contributed by atoms with E-state index >= 15 is 0 Å². The van der Waals surface area contributed by atoms with Crippen LogP contribution < -0.4 is 4.74 Å². The third-order valence-corrected chi connectivity index (χ3v) is 5.46. The molecule has 0 aliphatic carbocycles. The molecule has 0 N–H and O–H groups in total. The molecule has 3 rings (SSSR count). The second kappa shape index (κ2) is 7.47. The molecule has 1 heterocycles. The molecule has 4 nitrogen and oxygen atoms in total. The fourth-order valence-electron chi connectivity index (χ4n) is 2.44. The van der Waals surface area contributed by atoms with Crippen molar-refractivity contribution in [2.24, 2.45) is 0 Å². The first-order valence-corrected chi connectivity index (χ1v) is 9.23. The first kappa shape index (κ1) is 16.5. The van der Waals surface area contributed by atoms with Crippen molar-refractivity contribution in [2.75, 3.05) is 13.7 Å². The molecule has 0 fully saturated rings. The third kappa shape index (κ3) is 3.28. The van der Waals surface area contributed by atoms with Crippen molar-refractivity contribution < 1.29 is 14.3 Å². The van der Waals surface area contributed by atoms with Gasteiger partial charge in [0.15, 0.2) is 0 Å². The van der Waals surface area contributed by atoms with Crippen LogP contribution in [0.3, 0.4) is 0 Å². The number of rotatable bonds is 5. The van der Waals surface area contributed by atoms with Crippen LogP contribution in [-0.2, 0) is 4.74 Å². The summed E-state index contributed by atoms with van der Waals surface area (Å²) in [5, 5.41) is 0. The van der Waals surface area contributed by atoms with Crippen molar-refractivity contribution in [1.82, 2.24) is 3.98 Å². The number of hydrogen-bond donors (Lipinski definition) is 0. The predicted octanol–water partition coefficient (Wildman–Crippen LogP) is 3.66. The molecule has 0 unspecified atom stereocenters. The van der Waals surface area contributed by atoms with Crippen LogP contribution in [0.5, 0.6) is 5.75 Å². The fraction of sp³-hybridized carbons (Fsp3) is 0.158. The van der Waals surface area contributed by atoms with Gasteiger partial charge in [-0.15, -0.1) is 0 Å². The van der Waals surface area contributed by atoms with Crippen LogP contribution in [0.2, 0.25) is 0 Å². The van der Waals surface area contributed by atoms with Crippen molar-refractivity contribution in [2.45, 2.75) is 6.92 Å². The summed E-state index contributed by atoms with van der Waals surface area (Å²) in [5.74, 6) is 0.412. The van der Waals surface area contributed by atoms with Gasteiger partial charge in [-0.2, -0.15) is 0 Å². The number of benzene rings is 2. The predicted molar refractivity (Wildman–Crippen MR) is 94.6 cm³/mol. The number of aromatic nitrogens is 1. The summed E-state index contributed by atoms with van der Waals surface area (Å²) in [5.41, 5.74) is 3.32. The monoisotopic (exact) mass is 387 g/mol. The Morgan fingerprint density at radius 3 is 2.38 bits per heavy atom. The summed E-state index contributed by atoms with van der Waals surface area (Å²) in [7, 11) is 1.63. The van der Waals surface area contributed by atoms with Crippen molar-refractivity contribution in [1.29, 1.82) is 0 Å². The minimum absolute atomic E-state index is 0.154. The molecular formula is C19H17NO3Se. The molecule has 0 amide bonds. The molecule has 2 aromatic carbocycles. The molecule has 0 saturated heterocycles. The average molecular weight is 386 g/mol. The Hall–Kier alpha value is -2.36. The van der Waals surface area contributed by atoms with E-state index < -0.39 is 0 Å². The molecule has 5 heteroatoms. The number of carbonyl (C=O) groups is 1. The number of esters is 1. The average Bonchev–Trinajstić information content (AvgIpc) is 3.08. The third-order valence-electron chi connectivity index (χ3n) is 3.58. The topological polar surface area (TPSA) is 48.4 Å². The van der Waals surface area contributed by atoms with Crippen molar-refractivity contribution in [3.05, 3.63) is 60.3 Å². The Morgan fingerprint density at radius 1 is 1.04 bits per heavy atom. The number of carbonyl (C=O) groups excluding carboxylic acids is 1. The van der Waals surface area contributed by atoms with E-state index in [2.05, 4.69) is 3.98 Å². The van der Waals surface area contributed by atoms with E-state index in [1.54, 1.807) is 14.0 Å². The second-order valence-electron chi connectivity index (χ2n) is 5.05. The van der Waals surface area contributed by atoms with Crippen LogP contribution in [0, 0.1) is 0 Å². The maximum absolute atomic E-state index is 12.3. The zero-order valence-electron chi connectivity index (χ0n) is 13.5. The van der Waals surface area contributed by atoms with Crippen molar-refractivity contribution in [3.63, 3.8) is 0 Å². The molecule has 1 aromatic heterocycles. The van der Waals surface area contributed by atoms with E-state index in [0.717, 1.165) is 26.9 Å². The van der Waals surface area contributed by atoms with E-state index in [1.165, 1.54) is 0 Å². The van der Waals surface area contributed by atoms with Crippen molar-refractivity contribution in [3.8, 4) is 26.9 Å². The Kier molecular flexibility index (Phi) is 5.14. The number of methoxy groups -OCH3 is 1. The van der Waals surface area contributed by atoms with Gasteiger partial charge in [-0.3, -0.25) is 0 Å². The molecular weight excluding hydrogens is 369 g/mol. The van der Waals surface area contributed by atoms with Gasteiger partial charge in [0.1, 0.15) is 0 Å². The molecule has 0 radical (unpaired) electrons. The van der Waals surface area contributed by atoms with Crippen LogP contribution in [0.15, 0.2) is 54.6 Å². The van der Waals surface area contributed by atoms with Gasteiger partial charge in [0.2, 0.25) is 0 Å². The Balaban J connectivity index is 2.15.